The van der Waals surface area contributed by atoms with E-state index < -0.39 is 23.8 Å². The third kappa shape index (κ3) is 2.94. The minimum atomic E-state index is -0.997. The van der Waals surface area contributed by atoms with Gasteiger partial charge < -0.3 is 14.6 Å². The Kier molecular flexibility index (Phi) is 4.19. The molecule has 0 bridgehead atoms. The minimum Gasteiger partial charge on any atom is -0.391 e. The van der Waals surface area contributed by atoms with Crippen LogP contribution in [-0.4, -0.2) is 33.1 Å². The first-order valence-corrected chi connectivity index (χ1v) is 7.47. The maximum absolute atomic E-state index is 13.5. The van der Waals surface area contributed by atoms with E-state index in [0.717, 1.165) is 12.1 Å². The summed E-state index contributed by atoms with van der Waals surface area (Å²) in [7, 11) is 1.53. The molecule has 2 aromatic rings. The van der Waals surface area contributed by atoms with E-state index in [0.29, 0.717) is 11.1 Å². The van der Waals surface area contributed by atoms with Crippen molar-refractivity contribution in [3.63, 3.8) is 0 Å². The van der Waals surface area contributed by atoms with Crippen molar-refractivity contribution >= 4 is 5.91 Å². The number of nitrogens with zero attached hydrogens (tertiary/aromatic N) is 2. The highest BCUT2D eigenvalue weighted by molar-refractivity contribution is 5.94. The Balaban J connectivity index is 1.94. The van der Waals surface area contributed by atoms with Crippen LogP contribution in [0.25, 0.3) is 0 Å². The van der Waals surface area contributed by atoms with Crippen LogP contribution in [0.4, 0.5) is 8.78 Å². The van der Waals surface area contributed by atoms with E-state index in [1.54, 1.807) is 0 Å². The van der Waals surface area contributed by atoms with Crippen molar-refractivity contribution in [2.45, 2.75) is 18.6 Å². The summed E-state index contributed by atoms with van der Waals surface area (Å²) in [5.41, 5.74) is 0.465. The van der Waals surface area contributed by atoms with Gasteiger partial charge in [0.15, 0.2) is 11.6 Å². The van der Waals surface area contributed by atoms with Crippen LogP contribution in [-0.2, 0) is 7.05 Å². The molecule has 1 saturated heterocycles. The second-order valence-electron chi connectivity index (χ2n) is 5.90. The predicted molar refractivity (Wildman–Crippen MR) is 82.4 cm³/mol. The summed E-state index contributed by atoms with van der Waals surface area (Å²) in [5, 5.41) is 9.93. The summed E-state index contributed by atoms with van der Waals surface area (Å²) in [4.78, 5) is 25.6. The summed E-state index contributed by atoms with van der Waals surface area (Å²) in [6, 6.07) is 5.59. The van der Waals surface area contributed by atoms with E-state index in [9.17, 15) is 23.5 Å². The molecule has 0 radical (unpaired) electrons. The Bertz CT molecular complexity index is 850. The lowest BCUT2D eigenvalue weighted by atomic mass is 10.0. The fourth-order valence-corrected chi connectivity index (χ4v) is 2.96. The maximum Gasteiger partial charge on any atom is 0.255 e. The van der Waals surface area contributed by atoms with Crippen molar-refractivity contribution in [1.82, 2.24) is 9.47 Å². The fourth-order valence-electron chi connectivity index (χ4n) is 2.96. The monoisotopic (exact) mass is 334 g/mol. The molecule has 1 aliphatic rings. The highest BCUT2D eigenvalue weighted by Crippen LogP contribution is 2.33. The number of rotatable bonds is 2. The molecule has 7 heteroatoms. The first kappa shape index (κ1) is 16.3. The zero-order chi connectivity index (χ0) is 17.4. The van der Waals surface area contributed by atoms with Gasteiger partial charge in [0.1, 0.15) is 0 Å². The van der Waals surface area contributed by atoms with E-state index >= 15 is 0 Å². The smallest absolute Gasteiger partial charge is 0.255 e. The SMILES string of the molecule is Cn1cc(C(=O)N2C[C@@H](O)C[C@@H]2c2ccc(F)c(F)c2)ccc1=O. The van der Waals surface area contributed by atoms with Crippen molar-refractivity contribution in [3.05, 3.63) is 69.6 Å². The van der Waals surface area contributed by atoms with E-state index in [2.05, 4.69) is 0 Å². The molecule has 2 atom stereocenters. The molecule has 0 spiro atoms. The minimum absolute atomic E-state index is 0.0886. The molecule has 1 fully saturated rings. The van der Waals surface area contributed by atoms with Crippen molar-refractivity contribution in [2.24, 2.45) is 7.05 Å². The molecular formula is C17H16F2N2O3. The molecule has 126 valence electrons. The van der Waals surface area contributed by atoms with Gasteiger partial charge in [-0.05, 0) is 30.2 Å². The Morgan fingerprint density at radius 3 is 2.62 bits per heavy atom. The number of aliphatic hydroxyl groups excluding tert-OH is 1. The van der Waals surface area contributed by atoms with E-state index in [1.807, 2.05) is 0 Å². The van der Waals surface area contributed by atoms with E-state index in [1.165, 1.54) is 40.9 Å². The van der Waals surface area contributed by atoms with Crippen LogP contribution in [0.5, 0.6) is 0 Å². The fraction of sp³-hybridized carbons (Fsp3) is 0.294. The van der Waals surface area contributed by atoms with Crippen molar-refractivity contribution < 1.29 is 18.7 Å². The van der Waals surface area contributed by atoms with Gasteiger partial charge >= 0.3 is 0 Å². The number of carbonyl (C=O) groups is 1. The van der Waals surface area contributed by atoms with Gasteiger partial charge in [-0.25, -0.2) is 8.78 Å². The van der Waals surface area contributed by atoms with Crippen LogP contribution in [0, 0.1) is 11.6 Å². The highest BCUT2D eigenvalue weighted by atomic mass is 19.2. The summed E-state index contributed by atoms with van der Waals surface area (Å²) in [6.45, 7) is 0.0886. The van der Waals surface area contributed by atoms with Gasteiger partial charge in [-0.2, -0.15) is 0 Å². The largest absolute Gasteiger partial charge is 0.391 e. The second kappa shape index (κ2) is 6.16. The Labute approximate surface area is 136 Å². The number of benzene rings is 1. The Hall–Kier alpha value is -2.54. The first-order valence-electron chi connectivity index (χ1n) is 7.47. The molecule has 24 heavy (non-hydrogen) atoms. The summed E-state index contributed by atoms with van der Waals surface area (Å²) in [6.07, 6.45) is 0.903. The number of halogens is 2. The Morgan fingerprint density at radius 2 is 1.96 bits per heavy atom. The standard InChI is InChI=1S/C17H16F2N2O3/c1-20-8-11(3-5-16(20)23)17(24)21-9-12(22)7-15(21)10-2-4-13(18)14(19)6-10/h2-6,8,12,15,22H,7,9H2,1H3/t12-,15+/m0/s1. The lowest BCUT2D eigenvalue weighted by molar-refractivity contribution is 0.0714. The number of hydrogen-bond donors (Lipinski definition) is 1. The quantitative estimate of drug-likeness (QED) is 0.908. The van der Waals surface area contributed by atoms with Gasteiger partial charge in [0.05, 0.1) is 17.7 Å². The molecule has 0 aliphatic carbocycles. The second-order valence-corrected chi connectivity index (χ2v) is 5.90. The van der Waals surface area contributed by atoms with Gasteiger partial charge in [-0.1, -0.05) is 6.07 Å². The number of β-amino-alcohol motifs (C(OH)–C–C–N with tert-alkyl or cyclic N) is 1. The molecule has 0 unspecified atom stereocenters. The average molecular weight is 334 g/mol. The first-order chi connectivity index (χ1) is 11.4. The van der Waals surface area contributed by atoms with Crippen LogP contribution >= 0.6 is 0 Å². The molecule has 1 aromatic carbocycles. The van der Waals surface area contributed by atoms with Crippen LogP contribution in [0.2, 0.25) is 0 Å². The highest BCUT2D eigenvalue weighted by Gasteiger charge is 2.36. The zero-order valence-corrected chi connectivity index (χ0v) is 12.9. The number of likely N-dealkylation sites (tertiary alicyclic amines) is 1. The summed E-state index contributed by atoms with van der Waals surface area (Å²) >= 11 is 0. The van der Waals surface area contributed by atoms with E-state index in [-0.39, 0.29) is 24.4 Å². The molecule has 1 amide bonds. The Morgan fingerprint density at radius 1 is 1.21 bits per heavy atom. The van der Waals surface area contributed by atoms with Crippen molar-refractivity contribution in [3.8, 4) is 0 Å². The number of pyridine rings is 1. The summed E-state index contributed by atoms with van der Waals surface area (Å²) in [5.74, 6) is -2.34. The van der Waals surface area contributed by atoms with E-state index in [4.69, 9.17) is 0 Å². The van der Waals surface area contributed by atoms with Crippen LogP contribution in [0.3, 0.4) is 0 Å². The van der Waals surface area contributed by atoms with Gasteiger partial charge in [0, 0.05) is 25.9 Å². The third-order valence-electron chi connectivity index (χ3n) is 4.20. The molecule has 1 N–H and O–H groups in total. The van der Waals surface area contributed by atoms with Gasteiger partial charge in [-0.15, -0.1) is 0 Å². The topological polar surface area (TPSA) is 62.5 Å². The van der Waals surface area contributed by atoms with Crippen LogP contribution in [0.1, 0.15) is 28.4 Å². The number of aromatic nitrogens is 1. The average Bonchev–Trinajstić information content (AvgIpc) is 2.94. The molecule has 2 heterocycles. The molecule has 3 rings (SSSR count). The number of hydrogen-bond acceptors (Lipinski definition) is 3. The third-order valence-corrected chi connectivity index (χ3v) is 4.20. The molecular weight excluding hydrogens is 318 g/mol. The number of aryl methyl sites for hydroxylation is 1. The van der Waals surface area contributed by atoms with Crippen LogP contribution in [0.15, 0.2) is 41.3 Å². The summed E-state index contributed by atoms with van der Waals surface area (Å²) < 4.78 is 27.9. The number of aliphatic hydroxyl groups is 1. The van der Waals surface area contributed by atoms with Crippen LogP contribution < -0.4 is 5.56 Å². The molecule has 0 saturated carbocycles. The van der Waals surface area contributed by atoms with Crippen molar-refractivity contribution in [2.75, 3.05) is 6.54 Å². The zero-order valence-electron chi connectivity index (χ0n) is 12.9. The molecule has 5 nitrogen and oxygen atoms in total. The maximum atomic E-state index is 13.5. The molecule has 1 aliphatic heterocycles. The lowest BCUT2D eigenvalue weighted by Crippen LogP contribution is -2.32. The number of amides is 1. The number of carbonyl (C=O) groups excluding carboxylic acids is 1. The van der Waals surface area contributed by atoms with Gasteiger partial charge in [0.25, 0.3) is 5.91 Å². The normalized spacial score (nSPS) is 20.4. The van der Waals surface area contributed by atoms with Gasteiger partial charge in [-0.3, -0.25) is 9.59 Å². The predicted octanol–water partition coefficient (Wildman–Crippen LogP) is 1.61. The van der Waals surface area contributed by atoms with Crippen molar-refractivity contribution in [1.29, 1.82) is 0 Å². The lowest BCUT2D eigenvalue weighted by Gasteiger charge is -2.25. The van der Waals surface area contributed by atoms with Gasteiger partial charge in [0.2, 0.25) is 5.56 Å². The molecule has 1 aromatic heterocycles.